The molecule has 0 spiro atoms. The second-order valence-electron chi connectivity index (χ2n) is 4.26. The van der Waals surface area contributed by atoms with Crippen molar-refractivity contribution >= 4 is 17.6 Å². The summed E-state index contributed by atoms with van der Waals surface area (Å²) in [5.74, 6) is -0.840. The highest BCUT2D eigenvalue weighted by Gasteiger charge is 2.22. The number of hydrogen-bond acceptors (Lipinski definition) is 5. The van der Waals surface area contributed by atoms with E-state index in [4.69, 9.17) is 16.3 Å². The van der Waals surface area contributed by atoms with E-state index in [0.29, 0.717) is 34.9 Å². The number of halogens is 1. The second-order valence-corrected chi connectivity index (χ2v) is 4.70. The number of carboxylic acids is 1. The average molecular weight is 308 g/mol. The molecule has 0 fully saturated rings. The van der Waals surface area contributed by atoms with Crippen molar-refractivity contribution in [2.75, 3.05) is 0 Å². The summed E-state index contributed by atoms with van der Waals surface area (Å²) in [6, 6.07) is 1.53. The highest BCUT2D eigenvalue weighted by molar-refractivity contribution is 6.30. The number of nitrogens with zero attached hydrogens (tertiary/aromatic N) is 3. The number of hydrogen-bond donors (Lipinski definition) is 1. The Labute approximate surface area is 126 Å². The third-order valence-electron chi connectivity index (χ3n) is 2.92. The molecule has 0 aliphatic carbocycles. The zero-order valence-electron chi connectivity index (χ0n) is 11.6. The molecular weight excluding hydrogens is 294 g/mol. The van der Waals surface area contributed by atoms with Crippen LogP contribution >= 0.6 is 11.6 Å². The Kier molecular flexibility index (Phi) is 4.70. The molecule has 7 heteroatoms. The highest BCUT2D eigenvalue weighted by atomic mass is 35.5. The fourth-order valence-electron chi connectivity index (χ4n) is 2.01. The Morgan fingerprint density at radius 1 is 1.29 bits per heavy atom. The maximum atomic E-state index is 11.5. The Bertz CT molecular complexity index is 677. The molecule has 2 aromatic heterocycles. The van der Waals surface area contributed by atoms with E-state index in [1.54, 1.807) is 0 Å². The summed E-state index contributed by atoms with van der Waals surface area (Å²) in [4.78, 5) is 15.4. The molecule has 0 unspecified atom stereocenters. The topological polar surface area (TPSA) is 85.2 Å². The van der Waals surface area contributed by atoms with E-state index in [1.807, 2.05) is 13.8 Å². The summed E-state index contributed by atoms with van der Waals surface area (Å²) in [5, 5.41) is 17.7. The number of ether oxygens (including phenoxy) is 1. The highest BCUT2D eigenvalue weighted by Crippen LogP contribution is 2.28. The van der Waals surface area contributed by atoms with Crippen molar-refractivity contribution in [1.82, 2.24) is 15.2 Å². The largest absolute Gasteiger partial charge is 0.477 e. The molecule has 0 amide bonds. The Morgan fingerprint density at radius 3 is 2.62 bits per heavy atom. The van der Waals surface area contributed by atoms with E-state index in [0.717, 1.165) is 0 Å². The lowest BCUT2D eigenvalue weighted by Gasteiger charge is -2.12. The van der Waals surface area contributed by atoms with Gasteiger partial charge in [0.25, 0.3) is 5.88 Å². The molecule has 0 aromatic carbocycles. The lowest BCUT2D eigenvalue weighted by molar-refractivity contribution is 0.0691. The van der Waals surface area contributed by atoms with E-state index < -0.39 is 5.97 Å². The van der Waals surface area contributed by atoms with Gasteiger partial charge in [-0.1, -0.05) is 25.4 Å². The van der Waals surface area contributed by atoms with Gasteiger partial charge >= 0.3 is 5.97 Å². The van der Waals surface area contributed by atoms with Crippen molar-refractivity contribution in [2.45, 2.75) is 26.7 Å². The van der Waals surface area contributed by atoms with Gasteiger partial charge in [0.15, 0.2) is 0 Å². The molecule has 0 aliphatic rings. The first kappa shape index (κ1) is 15.2. The van der Waals surface area contributed by atoms with Gasteiger partial charge < -0.3 is 9.84 Å². The summed E-state index contributed by atoms with van der Waals surface area (Å²) in [5.41, 5.74) is 1.32. The van der Waals surface area contributed by atoms with E-state index in [2.05, 4.69) is 15.2 Å². The molecule has 0 saturated carbocycles. The molecule has 0 aliphatic heterocycles. The normalized spacial score (nSPS) is 10.4. The lowest BCUT2D eigenvalue weighted by atomic mass is 10.0. The Morgan fingerprint density at radius 2 is 2.05 bits per heavy atom. The first-order valence-corrected chi connectivity index (χ1v) is 6.84. The van der Waals surface area contributed by atoms with Gasteiger partial charge in [-0.05, 0) is 18.4 Å². The monoisotopic (exact) mass is 307 g/mol. The number of rotatable bonds is 5. The third kappa shape index (κ3) is 3.28. The number of carbonyl (C=O) groups is 1. The van der Waals surface area contributed by atoms with Crippen LogP contribution in [0.2, 0.25) is 5.02 Å². The minimum Gasteiger partial charge on any atom is -0.477 e. The smallest absolute Gasteiger partial charge is 0.341 e. The van der Waals surface area contributed by atoms with Crippen LogP contribution in [0.5, 0.6) is 11.6 Å². The summed E-state index contributed by atoms with van der Waals surface area (Å²) >= 11 is 5.82. The van der Waals surface area contributed by atoms with Crippen molar-refractivity contribution in [3.63, 3.8) is 0 Å². The number of aromatic carboxylic acids is 1. The van der Waals surface area contributed by atoms with Crippen LogP contribution in [-0.2, 0) is 12.8 Å². The van der Waals surface area contributed by atoms with E-state index >= 15 is 0 Å². The fourth-order valence-corrected chi connectivity index (χ4v) is 2.17. The maximum Gasteiger partial charge on any atom is 0.341 e. The third-order valence-corrected chi connectivity index (χ3v) is 3.13. The quantitative estimate of drug-likeness (QED) is 0.913. The van der Waals surface area contributed by atoms with E-state index in [9.17, 15) is 9.90 Å². The van der Waals surface area contributed by atoms with Crippen molar-refractivity contribution in [2.24, 2.45) is 0 Å². The second kappa shape index (κ2) is 6.49. The van der Waals surface area contributed by atoms with Crippen molar-refractivity contribution in [3.8, 4) is 11.6 Å². The summed E-state index contributed by atoms with van der Waals surface area (Å²) < 4.78 is 5.49. The molecule has 2 aromatic rings. The molecule has 110 valence electrons. The molecule has 0 bridgehead atoms. The molecule has 1 N–H and O–H groups in total. The maximum absolute atomic E-state index is 11.5. The van der Waals surface area contributed by atoms with Gasteiger partial charge in [-0.15, -0.1) is 5.10 Å². The first-order valence-electron chi connectivity index (χ1n) is 6.46. The van der Waals surface area contributed by atoms with Gasteiger partial charge in [-0.3, -0.25) is 4.98 Å². The lowest BCUT2D eigenvalue weighted by Crippen LogP contribution is -2.11. The minimum atomic E-state index is -1.10. The zero-order chi connectivity index (χ0) is 15.4. The Hall–Kier alpha value is -2.21. The van der Waals surface area contributed by atoms with Crippen LogP contribution in [0, 0.1) is 0 Å². The van der Waals surface area contributed by atoms with Gasteiger partial charge in [-0.2, -0.15) is 5.10 Å². The fraction of sp³-hybridized carbons (Fsp3) is 0.286. The molecule has 2 heterocycles. The van der Waals surface area contributed by atoms with Crippen LogP contribution < -0.4 is 4.74 Å². The zero-order valence-corrected chi connectivity index (χ0v) is 12.4. The average Bonchev–Trinajstić information content (AvgIpc) is 2.46. The van der Waals surface area contributed by atoms with Gasteiger partial charge in [0, 0.05) is 12.3 Å². The number of aromatic nitrogens is 3. The predicted octanol–water partition coefficient (Wildman–Crippen LogP) is 3.14. The SMILES string of the molecule is CCc1nnc(Oc2cncc(Cl)c2)c(C(=O)O)c1CC. The molecule has 2 rings (SSSR count). The Balaban J connectivity index is 2.50. The standard InChI is InChI=1S/C14H14ClN3O3/c1-3-10-11(4-2)17-18-13(12(10)14(19)20)21-9-5-8(15)6-16-7-9/h5-7H,3-4H2,1-2H3,(H,19,20). The van der Waals surface area contributed by atoms with Gasteiger partial charge in [0.2, 0.25) is 0 Å². The minimum absolute atomic E-state index is 0.0318. The van der Waals surface area contributed by atoms with Crippen LogP contribution in [0.1, 0.15) is 35.5 Å². The number of pyridine rings is 1. The van der Waals surface area contributed by atoms with Crippen LogP contribution in [0.3, 0.4) is 0 Å². The number of aryl methyl sites for hydroxylation is 1. The van der Waals surface area contributed by atoms with Crippen LogP contribution in [0.4, 0.5) is 0 Å². The van der Waals surface area contributed by atoms with Crippen molar-refractivity contribution in [1.29, 1.82) is 0 Å². The summed E-state index contributed by atoms with van der Waals surface area (Å²) in [6.07, 6.45) is 4.02. The first-order chi connectivity index (χ1) is 10.1. The number of carboxylic acid groups (broad SMARTS) is 1. The summed E-state index contributed by atoms with van der Waals surface area (Å²) in [6.45, 7) is 3.77. The molecule has 21 heavy (non-hydrogen) atoms. The van der Waals surface area contributed by atoms with Crippen molar-refractivity contribution < 1.29 is 14.6 Å². The molecule has 0 radical (unpaired) electrons. The van der Waals surface area contributed by atoms with Gasteiger partial charge in [0.05, 0.1) is 16.9 Å². The van der Waals surface area contributed by atoms with Gasteiger partial charge in [0.1, 0.15) is 11.3 Å². The van der Waals surface area contributed by atoms with Crippen molar-refractivity contribution in [3.05, 3.63) is 40.3 Å². The predicted molar refractivity (Wildman–Crippen MR) is 77.1 cm³/mol. The molecule has 0 saturated heterocycles. The molecule has 6 nitrogen and oxygen atoms in total. The van der Waals surface area contributed by atoms with Gasteiger partial charge in [-0.25, -0.2) is 4.79 Å². The molecule has 0 atom stereocenters. The molecular formula is C14H14ClN3O3. The summed E-state index contributed by atoms with van der Waals surface area (Å²) in [7, 11) is 0. The van der Waals surface area contributed by atoms with Crippen LogP contribution in [-0.4, -0.2) is 26.3 Å². The van der Waals surface area contributed by atoms with E-state index in [-0.39, 0.29) is 11.4 Å². The van der Waals surface area contributed by atoms with Crippen LogP contribution in [0.15, 0.2) is 18.5 Å². The van der Waals surface area contributed by atoms with Crippen LogP contribution in [0.25, 0.3) is 0 Å². The van der Waals surface area contributed by atoms with E-state index in [1.165, 1.54) is 18.5 Å².